The fourth-order valence-electron chi connectivity index (χ4n) is 4.65. The molecule has 164 valence electrons. The Labute approximate surface area is 187 Å². The molecule has 0 saturated carbocycles. The summed E-state index contributed by atoms with van der Waals surface area (Å²) in [5, 5.41) is 0. The van der Waals surface area contributed by atoms with E-state index >= 15 is 0 Å². The standard InChI is InChI=1S/C27H27FN2O2/c28-23-12-6-8-20(16-23)17-25(31)30-15-7-14-27(19-30,26(29)32)18-22-11-4-5-13-24(22)21-9-2-1-3-10-21/h1-6,8-13,16H,7,14-15,17-19H2,(H2,29,32)/t27-/m0/s1. The summed E-state index contributed by atoms with van der Waals surface area (Å²) in [5.41, 5.74) is 8.93. The smallest absolute Gasteiger partial charge is 0.227 e. The Morgan fingerprint density at radius 1 is 0.969 bits per heavy atom. The van der Waals surface area contributed by atoms with Crippen LogP contribution in [0.3, 0.4) is 0 Å². The fraction of sp³-hybridized carbons (Fsp3) is 0.259. The third-order valence-corrected chi connectivity index (χ3v) is 6.33. The minimum absolute atomic E-state index is 0.104. The number of primary amides is 1. The number of piperidine rings is 1. The lowest BCUT2D eigenvalue weighted by molar-refractivity contribution is -0.139. The predicted molar refractivity (Wildman–Crippen MR) is 123 cm³/mol. The predicted octanol–water partition coefficient (Wildman–Crippen LogP) is 4.37. The highest BCUT2D eigenvalue weighted by Gasteiger charge is 2.42. The van der Waals surface area contributed by atoms with Crippen molar-refractivity contribution in [1.82, 2.24) is 4.90 Å². The number of likely N-dealkylation sites (tertiary alicyclic amines) is 1. The number of carbonyl (C=O) groups excluding carboxylic acids is 2. The molecular weight excluding hydrogens is 403 g/mol. The minimum atomic E-state index is -0.833. The van der Waals surface area contributed by atoms with Crippen molar-refractivity contribution >= 4 is 11.8 Å². The molecule has 2 N–H and O–H groups in total. The lowest BCUT2D eigenvalue weighted by atomic mass is 9.73. The highest BCUT2D eigenvalue weighted by molar-refractivity contribution is 5.84. The molecule has 0 spiro atoms. The van der Waals surface area contributed by atoms with E-state index in [0.717, 1.165) is 16.7 Å². The molecular formula is C27H27FN2O2. The van der Waals surface area contributed by atoms with Crippen molar-refractivity contribution in [2.75, 3.05) is 13.1 Å². The molecule has 0 unspecified atom stereocenters. The van der Waals surface area contributed by atoms with Crippen molar-refractivity contribution in [3.8, 4) is 11.1 Å². The van der Waals surface area contributed by atoms with Gasteiger partial charge in [-0.05, 0) is 53.6 Å². The summed E-state index contributed by atoms with van der Waals surface area (Å²) in [4.78, 5) is 27.4. The molecule has 0 radical (unpaired) electrons. The molecule has 32 heavy (non-hydrogen) atoms. The first-order valence-corrected chi connectivity index (χ1v) is 10.9. The zero-order chi connectivity index (χ0) is 22.6. The molecule has 4 nitrogen and oxygen atoms in total. The SMILES string of the molecule is NC(=O)[C@]1(Cc2ccccc2-c2ccccc2)CCCN(C(=O)Cc2cccc(F)c2)C1. The van der Waals surface area contributed by atoms with Gasteiger partial charge in [-0.2, -0.15) is 0 Å². The van der Waals surface area contributed by atoms with E-state index in [1.165, 1.54) is 12.1 Å². The van der Waals surface area contributed by atoms with Crippen LogP contribution in [0.2, 0.25) is 0 Å². The molecule has 1 fully saturated rings. The van der Waals surface area contributed by atoms with Crippen LogP contribution < -0.4 is 5.73 Å². The van der Waals surface area contributed by atoms with Crippen LogP contribution in [-0.2, 0) is 22.4 Å². The second-order valence-electron chi connectivity index (χ2n) is 8.57. The third-order valence-electron chi connectivity index (χ3n) is 6.33. The van der Waals surface area contributed by atoms with E-state index in [2.05, 4.69) is 6.07 Å². The normalized spacial score (nSPS) is 18.3. The Bertz CT molecular complexity index is 1120. The molecule has 1 heterocycles. The molecule has 3 aromatic carbocycles. The Morgan fingerprint density at radius 3 is 2.47 bits per heavy atom. The molecule has 2 amide bonds. The van der Waals surface area contributed by atoms with Crippen LogP contribution in [0.4, 0.5) is 4.39 Å². The molecule has 5 heteroatoms. The van der Waals surface area contributed by atoms with Gasteiger partial charge in [0, 0.05) is 13.1 Å². The van der Waals surface area contributed by atoms with E-state index in [-0.39, 0.29) is 30.6 Å². The van der Waals surface area contributed by atoms with Gasteiger partial charge in [0.1, 0.15) is 5.82 Å². The lowest BCUT2D eigenvalue weighted by Crippen LogP contribution is -2.53. The number of nitrogens with two attached hydrogens (primary N) is 1. The summed E-state index contributed by atoms with van der Waals surface area (Å²) in [5.74, 6) is -0.862. The van der Waals surface area contributed by atoms with Gasteiger partial charge < -0.3 is 10.6 Å². The van der Waals surface area contributed by atoms with Crippen molar-refractivity contribution < 1.29 is 14.0 Å². The van der Waals surface area contributed by atoms with Gasteiger partial charge in [-0.15, -0.1) is 0 Å². The number of hydrogen-bond donors (Lipinski definition) is 1. The molecule has 0 bridgehead atoms. The van der Waals surface area contributed by atoms with E-state index < -0.39 is 5.41 Å². The van der Waals surface area contributed by atoms with Crippen LogP contribution in [0.5, 0.6) is 0 Å². The molecule has 1 saturated heterocycles. The molecule has 1 aliphatic heterocycles. The summed E-state index contributed by atoms with van der Waals surface area (Å²) in [7, 11) is 0. The second-order valence-corrected chi connectivity index (χ2v) is 8.57. The second kappa shape index (κ2) is 9.35. The van der Waals surface area contributed by atoms with Gasteiger partial charge in [-0.25, -0.2) is 4.39 Å². The zero-order valence-corrected chi connectivity index (χ0v) is 18.0. The largest absolute Gasteiger partial charge is 0.369 e. The maximum atomic E-state index is 13.5. The maximum absolute atomic E-state index is 13.5. The Kier molecular flexibility index (Phi) is 6.35. The van der Waals surface area contributed by atoms with Gasteiger partial charge in [-0.1, -0.05) is 66.7 Å². The summed E-state index contributed by atoms with van der Waals surface area (Å²) < 4.78 is 13.5. The molecule has 0 aromatic heterocycles. The number of halogens is 1. The van der Waals surface area contributed by atoms with Crippen LogP contribution in [-0.4, -0.2) is 29.8 Å². The number of hydrogen-bond acceptors (Lipinski definition) is 2. The van der Waals surface area contributed by atoms with Gasteiger partial charge in [0.05, 0.1) is 11.8 Å². The lowest BCUT2D eigenvalue weighted by Gasteiger charge is -2.41. The highest BCUT2D eigenvalue weighted by Crippen LogP contribution is 2.37. The van der Waals surface area contributed by atoms with Crippen molar-refractivity contribution in [2.24, 2.45) is 11.1 Å². The van der Waals surface area contributed by atoms with Gasteiger partial charge >= 0.3 is 0 Å². The van der Waals surface area contributed by atoms with Crippen LogP contribution in [0.1, 0.15) is 24.0 Å². The van der Waals surface area contributed by atoms with E-state index in [0.29, 0.717) is 31.4 Å². The van der Waals surface area contributed by atoms with Crippen LogP contribution in [0, 0.1) is 11.2 Å². The molecule has 0 aliphatic carbocycles. The minimum Gasteiger partial charge on any atom is -0.369 e. The first-order chi connectivity index (χ1) is 15.5. The number of nitrogens with zero attached hydrogens (tertiary/aromatic N) is 1. The van der Waals surface area contributed by atoms with Crippen molar-refractivity contribution in [1.29, 1.82) is 0 Å². The quantitative estimate of drug-likeness (QED) is 0.631. The van der Waals surface area contributed by atoms with Crippen LogP contribution in [0.15, 0.2) is 78.9 Å². The fourth-order valence-corrected chi connectivity index (χ4v) is 4.65. The summed E-state index contributed by atoms with van der Waals surface area (Å²) >= 11 is 0. The van der Waals surface area contributed by atoms with E-state index in [1.807, 2.05) is 48.5 Å². The van der Waals surface area contributed by atoms with Crippen LogP contribution in [0.25, 0.3) is 11.1 Å². The number of rotatable bonds is 6. The first kappa shape index (κ1) is 21.8. The Morgan fingerprint density at radius 2 is 1.72 bits per heavy atom. The molecule has 4 rings (SSSR count). The topological polar surface area (TPSA) is 63.4 Å². The van der Waals surface area contributed by atoms with Gasteiger partial charge in [0.25, 0.3) is 0 Å². The average molecular weight is 431 g/mol. The average Bonchev–Trinajstić information content (AvgIpc) is 2.80. The van der Waals surface area contributed by atoms with Crippen molar-refractivity contribution in [2.45, 2.75) is 25.7 Å². The van der Waals surface area contributed by atoms with Crippen molar-refractivity contribution in [3.63, 3.8) is 0 Å². The molecule has 1 atom stereocenters. The number of amides is 2. The van der Waals surface area contributed by atoms with E-state index in [4.69, 9.17) is 5.73 Å². The molecule has 1 aliphatic rings. The summed E-state index contributed by atoms with van der Waals surface area (Å²) in [6.07, 6.45) is 1.91. The summed E-state index contributed by atoms with van der Waals surface area (Å²) in [6, 6.07) is 24.1. The van der Waals surface area contributed by atoms with Gasteiger partial charge in [-0.3, -0.25) is 9.59 Å². The van der Waals surface area contributed by atoms with Gasteiger partial charge in [0.15, 0.2) is 0 Å². The first-order valence-electron chi connectivity index (χ1n) is 10.9. The highest BCUT2D eigenvalue weighted by atomic mass is 19.1. The van der Waals surface area contributed by atoms with Gasteiger partial charge in [0.2, 0.25) is 11.8 Å². The Balaban J connectivity index is 1.58. The van der Waals surface area contributed by atoms with E-state index in [9.17, 15) is 14.0 Å². The molecule has 3 aromatic rings. The maximum Gasteiger partial charge on any atom is 0.227 e. The summed E-state index contributed by atoms with van der Waals surface area (Å²) in [6.45, 7) is 0.850. The van der Waals surface area contributed by atoms with Crippen molar-refractivity contribution in [3.05, 3.63) is 95.8 Å². The third kappa shape index (κ3) is 4.72. The zero-order valence-electron chi connectivity index (χ0n) is 18.0. The number of benzene rings is 3. The Hall–Kier alpha value is -3.47. The van der Waals surface area contributed by atoms with E-state index in [1.54, 1.807) is 17.0 Å². The van der Waals surface area contributed by atoms with Crippen LogP contribution >= 0.6 is 0 Å². The monoisotopic (exact) mass is 430 g/mol. The number of carbonyl (C=O) groups is 2.